The van der Waals surface area contributed by atoms with Crippen molar-refractivity contribution in [2.24, 2.45) is 0 Å². The minimum Gasteiger partial charge on any atom is -0.396 e. The summed E-state index contributed by atoms with van der Waals surface area (Å²) in [6, 6.07) is 7.73. The third-order valence-electron chi connectivity index (χ3n) is 3.65. The third kappa shape index (κ3) is 2.72. The molecule has 2 N–H and O–H groups in total. The van der Waals surface area contributed by atoms with E-state index in [1.807, 2.05) is 12.1 Å². The molecule has 0 saturated carbocycles. The predicted octanol–water partition coefficient (Wildman–Crippen LogP) is 1.26. The van der Waals surface area contributed by atoms with E-state index in [2.05, 4.69) is 25.8 Å². The number of hydrogen-bond acceptors (Lipinski definition) is 6. The van der Waals surface area contributed by atoms with Gasteiger partial charge in [0.1, 0.15) is 11.9 Å². The lowest BCUT2D eigenvalue weighted by molar-refractivity contribution is 0.648. The van der Waals surface area contributed by atoms with Crippen molar-refractivity contribution < 1.29 is 0 Å². The van der Waals surface area contributed by atoms with Crippen molar-refractivity contribution in [2.45, 2.75) is 0 Å². The largest absolute Gasteiger partial charge is 0.396 e. The van der Waals surface area contributed by atoms with Crippen LogP contribution in [-0.2, 0) is 0 Å². The van der Waals surface area contributed by atoms with Crippen LogP contribution in [0.4, 0.5) is 17.2 Å². The molecule has 0 bridgehead atoms. The van der Waals surface area contributed by atoms with Gasteiger partial charge in [-0.15, -0.1) is 0 Å². The molecule has 106 valence electrons. The van der Waals surface area contributed by atoms with E-state index in [1.54, 1.807) is 24.7 Å². The van der Waals surface area contributed by atoms with Gasteiger partial charge in [-0.25, -0.2) is 4.98 Å². The van der Waals surface area contributed by atoms with E-state index >= 15 is 0 Å². The molecule has 6 nitrogen and oxygen atoms in total. The van der Waals surface area contributed by atoms with Gasteiger partial charge in [-0.1, -0.05) is 0 Å². The molecule has 2 aromatic rings. The average Bonchev–Trinajstić information content (AvgIpc) is 2.56. The Kier molecular flexibility index (Phi) is 3.56. The number of nitriles is 1. The fraction of sp³-hybridized carbons (Fsp3) is 0.267. The first-order chi connectivity index (χ1) is 10.3. The molecular formula is C15H16N6. The Morgan fingerprint density at radius 3 is 2.43 bits per heavy atom. The molecule has 6 heteroatoms. The zero-order valence-corrected chi connectivity index (χ0v) is 11.6. The van der Waals surface area contributed by atoms with Crippen molar-refractivity contribution in [1.29, 1.82) is 5.26 Å². The second-order valence-corrected chi connectivity index (χ2v) is 4.93. The van der Waals surface area contributed by atoms with Crippen LogP contribution in [0.3, 0.4) is 0 Å². The molecule has 1 saturated heterocycles. The van der Waals surface area contributed by atoms with Gasteiger partial charge in [0.05, 0.1) is 23.1 Å². The van der Waals surface area contributed by atoms with Crippen molar-refractivity contribution in [3.8, 4) is 6.07 Å². The first-order valence-corrected chi connectivity index (χ1v) is 6.83. The lowest BCUT2D eigenvalue weighted by Crippen LogP contribution is -2.47. The number of anilines is 3. The van der Waals surface area contributed by atoms with Crippen LogP contribution in [0.1, 0.15) is 5.56 Å². The molecule has 3 heterocycles. The summed E-state index contributed by atoms with van der Waals surface area (Å²) in [4.78, 5) is 12.8. The first-order valence-electron chi connectivity index (χ1n) is 6.83. The Bertz CT molecular complexity index is 653. The van der Waals surface area contributed by atoms with Gasteiger partial charge in [0.2, 0.25) is 0 Å². The number of nitrogens with zero attached hydrogens (tertiary/aromatic N) is 5. The number of nitrogen functional groups attached to an aromatic ring is 1. The van der Waals surface area contributed by atoms with E-state index in [4.69, 9.17) is 11.0 Å². The summed E-state index contributed by atoms with van der Waals surface area (Å²) in [6.07, 6.45) is 5.06. The Morgan fingerprint density at radius 2 is 1.81 bits per heavy atom. The fourth-order valence-electron chi connectivity index (χ4n) is 2.50. The van der Waals surface area contributed by atoms with Gasteiger partial charge in [-0.2, -0.15) is 5.26 Å². The molecule has 0 atom stereocenters. The number of pyridine rings is 2. The molecule has 0 radical (unpaired) electrons. The van der Waals surface area contributed by atoms with Crippen LogP contribution in [0.2, 0.25) is 0 Å². The highest BCUT2D eigenvalue weighted by molar-refractivity contribution is 5.66. The van der Waals surface area contributed by atoms with Gasteiger partial charge >= 0.3 is 0 Å². The van der Waals surface area contributed by atoms with Crippen LogP contribution in [0.15, 0.2) is 36.8 Å². The summed E-state index contributed by atoms with van der Waals surface area (Å²) in [6.45, 7) is 3.52. The molecule has 21 heavy (non-hydrogen) atoms. The van der Waals surface area contributed by atoms with Crippen LogP contribution in [-0.4, -0.2) is 36.1 Å². The fourth-order valence-corrected chi connectivity index (χ4v) is 2.50. The highest BCUT2D eigenvalue weighted by Gasteiger charge is 2.19. The van der Waals surface area contributed by atoms with E-state index in [0.29, 0.717) is 11.3 Å². The zero-order valence-electron chi connectivity index (χ0n) is 11.6. The Labute approximate surface area is 123 Å². The molecule has 1 fully saturated rings. The van der Waals surface area contributed by atoms with E-state index in [-0.39, 0.29) is 0 Å². The van der Waals surface area contributed by atoms with Crippen LogP contribution in [0, 0.1) is 11.3 Å². The van der Waals surface area contributed by atoms with Gasteiger partial charge in [-0.3, -0.25) is 4.98 Å². The maximum Gasteiger partial charge on any atom is 0.128 e. The number of rotatable bonds is 2. The van der Waals surface area contributed by atoms with Crippen LogP contribution < -0.4 is 15.5 Å². The van der Waals surface area contributed by atoms with E-state index < -0.39 is 0 Å². The maximum absolute atomic E-state index is 8.80. The molecule has 0 aliphatic carbocycles. The number of piperazine rings is 1. The summed E-state index contributed by atoms with van der Waals surface area (Å²) in [5.74, 6) is 0.913. The molecule has 0 spiro atoms. The van der Waals surface area contributed by atoms with Gasteiger partial charge in [0, 0.05) is 38.6 Å². The Morgan fingerprint density at radius 1 is 1.05 bits per heavy atom. The average molecular weight is 280 g/mol. The van der Waals surface area contributed by atoms with Gasteiger partial charge in [-0.05, 0) is 18.2 Å². The Balaban J connectivity index is 1.67. The SMILES string of the molecule is N#Cc1ccc(N2CCN(c3ccncc3N)CC2)nc1. The summed E-state index contributed by atoms with van der Waals surface area (Å²) < 4.78 is 0. The second-order valence-electron chi connectivity index (χ2n) is 4.93. The molecular weight excluding hydrogens is 264 g/mol. The molecule has 1 aliphatic rings. The number of nitrogens with two attached hydrogens (primary N) is 1. The topological polar surface area (TPSA) is 82.1 Å². The van der Waals surface area contributed by atoms with Crippen molar-refractivity contribution in [1.82, 2.24) is 9.97 Å². The summed E-state index contributed by atoms with van der Waals surface area (Å²) in [7, 11) is 0. The minimum absolute atomic E-state index is 0.585. The van der Waals surface area contributed by atoms with Crippen LogP contribution in [0.25, 0.3) is 0 Å². The van der Waals surface area contributed by atoms with Crippen LogP contribution >= 0.6 is 0 Å². The van der Waals surface area contributed by atoms with E-state index in [9.17, 15) is 0 Å². The number of aromatic nitrogens is 2. The zero-order chi connectivity index (χ0) is 14.7. The van der Waals surface area contributed by atoms with Gasteiger partial charge in [0.15, 0.2) is 0 Å². The molecule has 0 unspecified atom stereocenters. The summed E-state index contributed by atoms with van der Waals surface area (Å²) in [5.41, 5.74) is 8.30. The predicted molar refractivity (Wildman–Crippen MR) is 82.0 cm³/mol. The van der Waals surface area contributed by atoms with Crippen molar-refractivity contribution in [3.63, 3.8) is 0 Å². The quantitative estimate of drug-likeness (QED) is 0.891. The first kappa shape index (κ1) is 13.2. The maximum atomic E-state index is 8.80. The smallest absolute Gasteiger partial charge is 0.128 e. The van der Waals surface area contributed by atoms with Gasteiger partial charge in [0.25, 0.3) is 0 Å². The van der Waals surface area contributed by atoms with E-state index in [0.717, 1.165) is 37.7 Å². The normalized spacial score (nSPS) is 14.8. The van der Waals surface area contributed by atoms with Crippen LogP contribution in [0.5, 0.6) is 0 Å². The third-order valence-corrected chi connectivity index (χ3v) is 3.65. The Hall–Kier alpha value is -2.81. The van der Waals surface area contributed by atoms with Crippen molar-refractivity contribution in [3.05, 3.63) is 42.4 Å². The molecule has 2 aromatic heterocycles. The lowest BCUT2D eigenvalue weighted by atomic mass is 10.2. The molecule has 0 amide bonds. The monoisotopic (exact) mass is 280 g/mol. The van der Waals surface area contributed by atoms with Crippen molar-refractivity contribution in [2.75, 3.05) is 41.7 Å². The second kappa shape index (κ2) is 5.67. The van der Waals surface area contributed by atoms with E-state index in [1.165, 1.54) is 0 Å². The molecule has 3 rings (SSSR count). The summed E-state index contributed by atoms with van der Waals surface area (Å²) in [5, 5.41) is 8.80. The molecule has 1 aliphatic heterocycles. The number of hydrogen-bond donors (Lipinski definition) is 1. The lowest BCUT2D eigenvalue weighted by Gasteiger charge is -2.37. The minimum atomic E-state index is 0.585. The highest BCUT2D eigenvalue weighted by atomic mass is 15.3. The van der Waals surface area contributed by atoms with Gasteiger partial charge < -0.3 is 15.5 Å². The summed E-state index contributed by atoms with van der Waals surface area (Å²) >= 11 is 0. The van der Waals surface area contributed by atoms with Crippen molar-refractivity contribution >= 4 is 17.2 Å². The highest BCUT2D eigenvalue weighted by Crippen LogP contribution is 2.23. The molecule has 0 aromatic carbocycles. The standard InChI is InChI=1S/C15H16N6/c16-9-12-1-2-15(19-10-12)21-7-5-20(6-8-21)14-3-4-18-11-13(14)17/h1-4,10-11H,5-8,17H2.